The predicted octanol–water partition coefficient (Wildman–Crippen LogP) is 2.19. The molecule has 1 aromatic carbocycles. The minimum absolute atomic E-state index is 0.231. The molecule has 7 nitrogen and oxygen atoms in total. The fourth-order valence-electron chi connectivity index (χ4n) is 3.29. The second kappa shape index (κ2) is 8.50. The lowest BCUT2D eigenvalue weighted by Gasteiger charge is -2.41. The Labute approximate surface area is 159 Å². The van der Waals surface area contributed by atoms with Crippen LogP contribution in [0.5, 0.6) is 0 Å². The van der Waals surface area contributed by atoms with Crippen LogP contribution in [0.15, 0.2) is 43.0 Å². The summed E-state index contributed by atoms with van der Waals surface area (Å²) in [5.74, 6) is -1.42. The maximum atomic E-state index is 12.3. The first kappa shape index (κ1) is 20.0. The van der Waals surface area contributed by atoms with Gasteiger partial charge in [0.15, 0.2) is 18.2 Å². The predicted molar refractivity (Wildman–Crippen MR) is 95.7 cm³/mol. The van der Waals surface area contributed by atoms with Gasteiger partial charge in [-0.3, -0.25) is 0 Å². The van der Waals surface area contributed by atoms with Gasteiger partial charge in [0.2, 0.25) is 0 Å². The number of carbonyl (C=O) groups excluding carboxylic acids is 1. The van der Waals surface area contributed by atoms with Gasteiger partial charge in [-0.25, -0.2) is 4.79 Å². The summed E-state index contributed by atoms with van der Waals surface area (Å²) in [6.45, 7) is 7.80. The van der Waals surface area contributed by atoms with Crippen LogP contribution >= 0.6 is 0 Å². The molecule has 0 spiro atoms. The van der Waals surface area contributed by atoms with E-state index in [1.807, 2.05) is 30.3 Å². The number of fused-ring (bicyclic) bond motifs is 1. The third-order valence-corrected chi connectivity index (χ3v) is 4.44. The molecule has 0 aromatic heterocycles. The van der Waals surface area contributed by atoms with E-state index in [-0.39, 0.29) is 6.61 Å². The van der Waals surface area contributed by atoms with Gasteiger partial charge in [0.05, 0.1) is 20.3 Å². The number of hydrogen-bond acceptors (Lipinski definition) is 7. The number of methoxy groups -OCH3 is 1. The number of hydrogen-bond donors (Lipinski definition) is 0. The van der Waals surface area contributed by atoms with E-state index in [0.717, 1.165) is 5.56 Å². The SMILES string of the molecule is C=CCO[C@H]1[C@H](OCc2ccccc2)[C@H]2OC(C)(C)O[C@H]2O[C@H]1C(=O)OC. The van der Waals surface area contributed by atoms with Crippen LogP contribution < -0.4 is 0 Å². The van der Waals surface area contributed by atoms with Gasteiger partial charge < -0.3 is 28.4 Å². The van der Waals surface area contributed by atoms with Crippen LogP contribution in [0.2, 0.25) is 0 Å². The van der Waals surface area contributed by atoms with Gasteiger partial charge >= 0.3 is 5.97 Å². The van der Waals surface area contributed by atoms with Crippen molar-refractivity contribution in [3.05, 3.63) is 48.6 Å². The number of esters is 1. The van der Waals surface area contributed by atoms with Gasteiger partial charge in [-0.2, -0.15) is 0 Å². The molecule has 2 fully saturated rings. The lowest BCUT2D eigenvalue weighted by molar-refractivity contribution is -0.267. The molecule has 0 unspecified atom stereocenters. The Balaban J connectivity index is 1.85. The average Bonchev–Trinajstić information content (AvgIpc) is 2.98. The molecule has 3 rings (SSSR count). The molecular formula is C20H26O7. The zero-order chi connectivity index (χ0) is 19.4. The van der Waals surface area contributed by atoms with Crippen molar-refractivity contribution < 1.29 is 33.2 Å². The van der Waals surface area contributed by atoms with Gasteiger partial charge in [-0.1, -0.05) is 36.4 Å². The quantitative estimate of drug-likeness (QED) is 0.532. The van der Waals surface area contributed by atoms with E-state index in [1.54, 1.807) is 19.9 Å². The van der Waals surface area contributed by atoms with Crippen molar-refractivity contribution in [2.75, 3.05) is 13.7 Å². The molecule has 148 valence electrons. The van der Waals surface area contributed by atoms with E-state index in [0.29, 0.717) is 6.61 Å². The first-order valence-electron chi connectivity index (χ1n) is 8.92. The van der Waals surface area contributed by atoms with Gasteiger partial charge in [-0.05, 0) is 19.4 Å². The molecule has 0 N–H and O–H groups in total. The summed E-state index contributed by atoms with van der Waals surface area (Å²) in [7, 11) is 1.30. The number of benzene rings is 1. The lowest BCUT2D eigenvalue weighted by Crippen LogP contribution is -2.60. The van der Waals surface area contributed by atoms with Crippen LogP contribution in [-0.4, -0.2) is 56.2 Å². The Bertz CT molecular complexity index is 645. The first-order valence-corrected chi connectivity index (χ1v) is 8.92. The van der Waals surface area contributed by atoms with Crippen LogP contribution in [0.3, 0.4) is 0 Å². The van der Waals surface area contributed by atoms with Gasteiger partial charge in [0.1, 0.15) is 18.3 Å². The minimum Gasteiger partial charge on any atom is -0.467 e. The van der Waals surface area contributed by atoms with Crippen molar-refractivity contribution in [3.8, 4) is 0 Å². The summed E-state index contributed by atoms with van der Waals surface area (Å²) >= 11 is 0. The summed E-state index contributed by atoms with van der Waals surface area (Å²) in [6.07, 6.45) is -2.00. The lowest BCUT2D eigenvalue weighted by atomic mass is 9.98. The third kappa shape index (κ3) is 4.56. The van der Waals surface area contributed by atoms with Gasteiger partial charge in [-0.15, -0.1) is 6.58 Å². The summed E-state index contributed by atoms with van der Waals surface area (Å²) in [6, 6.07) is 9.74. The molecule has 2 aliphatic heterocycles. The van der Waals surface area contributed by atoms with Gasteiger partial charge in [0.25, 0.3) is 0 Å². The Hall–Kier alpha value is -1.77. The summed E-state index contributed by atoms with van der Waals surface area (Å²) in [5.41, 5.74) is 0.996. The molecule has 2 heterocycles. The fraction of sp³-hybridized carbons (Fsp3) is 0.550. The third-order valence-electron chi connectivity index (χ3n) is 4.44. The highest BCUT2D eigenvalue weighted by molar-refractivity contribution is 5.75. The highest BCUT2D eigenvalue weighted by Gasteiger charge is 2.57. The van der Waals surface area contributed by atoms with E-state index < -0.39 is 42.5 Å². The maximum absolute atomic E-state index is 12.3. The molecule has 0 aliphatic carbocycles. The molecule has 1 aromatic rings. The van der Waals surface area contributed by atoms with Gasteiger partial charge in [0, 0.05) is 0 Å². The second-order valence-corrected chi connectivity index (χ2v) is 6.90. The minimum atomic E-state index is -0.991. The van der Waals surface area contributed by atoms with Crippen LogP contribution in [0.25, 0.3) is 0 Å². The summed E-state index contributed by atoms with van der Waals surface area (Å²) in [5, 5.41) is 0. The van der Waals surface area contributed by atoms with Crippen LogP contribution in [-0.2, 0) is 39.8 Å². The first-order chi connectivity index (χ1) is 12.9. The molecule has 7 heteroatoms. The van der Waals surface area contributed by atoms with E-state index in [2.05, 4.69) is 6.58 Å². The zero-order valence-electron chi connectivity index (χ0n) is 15.8. The van der Waals surface area contributed by atoms with Crippen molar-refractivity contribution in [2.45, 2.75) is 56.9 Å². The van der Waals surface area contributed by atoms with Crippen molar-refractivity contribution in [1.82, 2.24) is 0 Å². The highest BCUT2D eigenvalue weighted by Crippen LogP contribution is 2.39. The molecule has 0 bridgehead atoms. The molecule has 2 saturated heterocycles. The van der Waals surface area contributed by atoms with Crippen molar-refractivity contribution in [2.24, 2.45) is 0 Å². The topological polar surface area (TPSA) is 72.5 Å². The average molecular weight is 378 g/mol. The van der Waals surface area contributed by atoms with Crippen molar-refractivity contribution in [3.63, 3.8) is 0 Å². The molecule has 2 aliphatic rings. The number of ether oxygens (including phenoxy) is 6. The fourth-order valence-corrected chi connectivity index (χ4v) is 3.29. The monoisotopic (exact) mass is 378 g/mol. The molecule has 0 radical (unpaired) electrons. The normalized spacial score (nSPS) is 31.9. The summed E-state index contributed by atoms with van der Waals surface area (Å²) < 4.78 is 34.5. The second-order valence-electron chi connectivity index (χ2n) is 6.90. The molecule has 27 heavy (non-hydrogen) atoms. The Kier molecular flexibility index (Phi) is 6.29. The standard InChI is InChI=1S/C20H26O7/c1-5-11-23-14-15(24-12-13-9-7-6-8-10-13)17-19(27-20(2,3)26-17)25-16(14)18(21)22-4/h5-10,14-17,19H,1,11-12H2,2-4H3/t14-,15-,16+,17+,19+/m0/s1. The number of rotatable bonds is 7. The largest absolute Gasteiger partial charge is 0.467 e. The van der Waals surface area contributed by atoms with E-state index in [1.165, 1.54) is 7.11 Å². The zero-order valence-corrected chi connectivity index (χ0v) is 15.8. The Morgan fingerprint density at radius 1 is 1.19 bits per heavy atom. The molecule has 0 amide bonds. The van der Waals surface area contributed by atoms with Crippen molar-refractivity contribution in [1.29, 1.82) is 0 Å². The molecule has 5 atom stereocenters. The highest BCUT2D eigenvalue weighted by atomic mass is 16.8. The van der Waals surface area contributed by atoms with E-state index in [9.17, 15) is 4.79 Å². The Morgan fingerprint density at radius 3 is 2.59 bits per heavy atom. The summed E-state index contributed by atoms with van der Waals surface area (Å²) in [4.78, 5) is 12.3. The number of carbonyl (C=O) groups is 1. The molecule has 0 saturated carbocycles. The van der Waals surface area contributed by atoms with Crippen LogP contribution in [0, 0.1) is 0 Å². The smallest absolute Gasteiger partial charge is 0.337 e. The van der Waals surface area contributed by atoms with E-state index in [4.69, 9.17) is 28.4 Å². The van der Waals surface area contributed by atoms with Crippen LogP contribution in [0.1, 0.15) is 19.4 Å². The molecular weight excluding hydrogens is 352 g/mol. The maximum Gasteiger partial charge on any atom is 0.337 e. The van der Waals surface area contributed by atoms with Crippen molar-refractivity contribution >= 4 is 5.97 Å². The Morgan fingerprint density at radius 2 is 1.93 bits per heavy atom. The van der Waals surface area contributed by atoms with Crippen LogP contribution in [0.4, 0.5) is 0 Å². The van der Waals surface area contributed by atoms with E-state index >= 15 is 0 Å².